The van der Waals surface area contributed by atoms with E-state index in [4.69, 9.17) is 16.3 Å². The van der Waals surface area contributed by atoms with Crippen LogP contribution in [0.25, 0.3) is 6.08 Å². The largest absolute Gasteiger partial charge is 0.488 e. The molecule has 0 aliphatic carbocycles. The molecule has 1 fully saturated rings. The van der Waals surface area contributed by atoms with Gasteiger partial charge in [-0.25, -0.2) is 9.69 Å². The van der Waals surface area contributed by atoms with Gasteiger partial charge in [0.1, 0.15) is 17.9 Å². The Balaban J connectivity index is 1.58. The highest BCUT2D eigenvalue weighted by atomic mass is 127. The Morgan fingerprint density at radius 1 is 1.11 bits per heavy atom. The van der Waals surface area contributed by atoms with E-state index in [9.17, 15) is 19.6 Å². The van der Waals surface area contributed by atoms with Crippen LogP contribution in [-0.2, 0) is 16.2 Å². The predicted molar refractivity (Wildman–Crippen MR) is 140 cm³/mol. The van der Waals surface area contributed by atoms with Crippen LogP contribution in [0, 0.1) is 21.8 Å². The van der Waals surface area contributed by atoms with Crippen LogP contribution >= 0.6 is 34.2 Å². The molecule has 1 aliphatic rings. The van der Waals surface area contributed by atoms with Crippen molar-refractivity contribution in [3.63, 3.8) is 0 Å². The third kappa shape index (κ3) is 5.21. The zero-order valence-electron chi connectivity index (χ0n) is 18.3. The zero-order chi connectivity index (χ0) is 25.1. The third-order valence-electron chi connectivity index (χ3n) is 5.30. The monoisotopic (exact) mass is 597 g/mol. The summed E-state index contributed by atoms with van der Waals surface area (Å²) in [6, 6.07) is 18.4. The molecule has 174 valence electrons. The SMILES string of the molecule is Cc1ccc(N2C(=O)NC(=O)/C(=C/c3ccc(OCc4ccccc4C#N)c(I)c3)C2=O)cc1Cl. The fraction of sp³-hybridized carbons (Fsp3) is 0.0769. The van der Waals surface area contributed by atoms with E-state index in [1.165, 1.54) is 12.1 Å². The minimum absolute atomic E-state index is 0.186. The van der Waals surface area contributed by atoms with Crippen LogP contribution < -0.4 is 15.0 Å². The number of urea groups is 1. The third-order valence-corrected chi connectivity index (χ3v) is 6.55. The van der Waals surface area contributed by atoms with Crippen molar-refractivity contribution in [2.75, 3.05) is 4.90 Å². The topological polar surface area (TPSA) is 99.5 Å². The molecular weight excluding hydrogens is 581 g/mol. The maximum absolute atomic E-state index is 13.1. The molecule has 0 radical (unpaired) electrons. The maximum Gasteiger partial charge on any atom is 0.335 e. The molecule has 7 nitrogen and oxygen atoms in total. The number of rotatable bonds is 5. The van der Waals surface area contributed by atoms with Gasteiger partial charge in [-0.15, -0.1) is 0 Å². The van der Waals surface area contributed by atoms with E-state index in [2.05, 4.69) is 34.0 Å². The van der Waals surface area contributed by atoms with Gasteiger partial charge in [0.15, 0.2) is 0 Å². The summed E-state index contributed by atoms with van der Waals surface area (Å²) in [6.07, 6.45) is 1.42. The van der Waals surface area contributed by atoms with Crippen molar-refractivity contribution in [2.24, 2.45) is 0 Å². The highest BCUT2D eigenvalue weighted by Crippen LogP contribution is 2.28. The molecule has 3 aromatic rings. The molecule has 35 heavy (non-hydrogen) atoms. The van der Waals surface area contributed by atoms with Crippen LogP contribution in [-0.4, -0.2) is 17.8 Å². The number of amides is 4. The number of barbiturate groups is 1. The Hall–Kier alpha value is -3.68. The van der Waals surface area contributed by atoms with E-state index in [0.29, 0.717) is 21.9 Å². The first-order chi connectivity index (χ1) is 16.8. The number of nitrogens with one attached hydrogen (secondary N) is 1. The minimum atomic E-state index is -0.840. The smallest absolute Gasteiger partial charge is 0.335 e. The lowest BCUT2D eigenvalue weighted by molar-refractivity contribution is -0.122. The molecule has 4 amide bonds. The van der Waals surface area contributed by atoms with E-state index in [1.807, 2.05) is 12.1 Å². The van der Waals surface area contributed by atoms with Crippen molar-refractivity contribution in [3.05, 3.63) is 97.1 Å². The summed E-state index contributed by atoms with van der Waals surface area (Å²) in [6.45, 7) is 2.02. The van der Waals surface area contributed by atoms with Gasteiger partial charge in [-0.05, 0) is 77.0 Å². The number of hydrogen-bond acceptors (Lipinski definition) is 5. The number of benzene rings is 3. The first-order valence-electron chi connectivity index (χ1n) is 10.4. The van der Waals surface area contributed by atoms with Crippen LogP contribution in [0.5, 0.6) is 5.75 Å². The quantitative estimate of drug-likeness (QED) is 0.242. The fourth-order valence-corrected chi connectivity index (χ4v) is 4.28. The van der Waals surface area contributed by atoms with Gasteiger partial charge >= 0.3 is 6.03 Å². The highest BCUT2D eigenvalue weighted by molar-refractivity contribution is 14.1. The Kier molecular flexibility index (Phi) is 7.19. The predicted octanol–water partition coefficient (Wildman–Crippen LogP) is 5.37. The number of anilines is 1. The lowest BCUT2D eigenvalue weighted by Gasteiger charge is -2.26. The Morgan fingerprint density at radius 3 is 2.60 bits per heavy atom. The second-order valence-corrected chi connectivity index (χ2v) is 9.21. The number of imide groups is 2. The summed E-state index contributed by atoms with van der Waals surface area (Å²) >= 11 is 8.25. The molecule has 0 bridgehead atoms. The van der Waals surface area contributed by atoms with Crippen LogP contribution in [0.15, 0.2) is 66.2 Å². The number of aryl methyl sites for hydroxylation is 1. The molecule has 4 rings (SSSR count). The van der Waals surface area contributed by atoms with Gasteiger partial charge in [0.05, 0.1) is 20.9 Å². The first kappa shape index (κ1) is 24.4. The Bertz CT molecular complexity index is 1440. The molecule has 0 unspecified atom stereocenters. The molecule has 9 heteroatoms. The molecule has 0 saturated carbocycles. The van der Waals surface area contributed by atoms with E-state index < -0.39 is 17.8 Å². The van der Waals surface area contributed by atoms with Gasteiger partial charge in [0.25, 0.3) is 11.8 Å². The molecule has 1 saturated heterocycles. The minimum Gasteiger partial charge on any atom is -0.488 e. The molecule has 1 aliphatic heterocycles. The zero-order valence-corrected chi connectivity index (χ0v) is 21.3. The fourth-order valence-electron chi connectivity index (χ4n) is 3.41. The van der Waals surface area contributed by atoms with Crippen molar-refractivity contribution in [1.29, 1.82) is 5.26 Å². The summed E-state index contributed by atoms with van der Waals surface area (Å²) in [5.74, 6) is -0.939. The van der Waals surface area contributed by atoms with Crippen molar-refractivity contribution in [2.45, 2.75) is 13.5 Å². The van der Waals surface area contributed by atoms with E-state index in [0.717, 1.165) is 19.6 Å². The molecule has 0 spiro atoms. The van der Waals surface area contributed by atoms with Gasteiger partial charge in [0, 0.05) is 10.6 Å². The second kappa shape index (κ2) is 10.3. The molecular formula is C26H17ClIN3O4. The van der Waals surface area contributed by atoms with E-state index >= 15 is 0 Å². The van der Waals surface area contributed by atoms with Crippen LogP contribution in [0.2, 0.25) is 5.02 Å². The number of halogens is 2. The molecule has 1 N–H and O–H groups in total. The van der Waals surface area contributed by atoms with Crippen molar-refractivity contribution >= 4 is 63.8 Å². The number of carbonyl (C=O) groups excluding carboxylic acids is 3. The Labute approximate surface area is 220 Å². The lowest BCUT2D eigenvalue weighted by Crippen LogP contribution is -2.54. The van der Waals surface area contributed by atoms with Crippen molar-refractivity contribution in [3.8, 4) is 11.8 Å². The summed E-state index contributed by atoms with van der Waals surface area (Å²) in [5, 5.41) is 11.8. The van der Waals surface area contributed by atoms with Crippen molar-refractivity contribution in [1.82, 2.24) is 5.32 Å². The van der Waals surface area contributed by atoms with Gasteiger partial charge < -0.3 is 4.74 Å². The number of hydrogen-bond donors (Lipinski definition) is 1. The van der Waals surface area contributed by atoms with E-state index in [-0.39, 0.29) is 17.9 Å². The van der Waals surface area contributed by atoms with E-state index in [1.54, 1.807) is 49.4 Å². The molecule has 0 aromatic heterocycles. The van der Waals surface area contributed by atoms with Crippen LogP contribution in [0.3, 0.4) is 0 Å². The molecule has 0 atom stereocenters. The highest BCUT2D eigenvalue weighted by Gasteiger charge is 2.37. The average Bonchev–Trinajstić information content (AvgIpc) is 2.83. The number of carbonyl (C=O) groups is 3. The van der Waals surface area contributed by atoms with Gasteiger partial charge in [-0.3, -0.25) is 14.9 Å². The average molecular weight is 598 g/mol. The number of nitriles is 1. The summed E-state index contributed by atoms with van der Waals surface area (Å²) in [7, 11) is 0. The van der Waals surface area contributed by atoms with Crippen LogP contribution in [0.1, 0.15) is 22.3 Å². The summed E-state index contributed by atoms with van der Waals surface area (Å²) in [4.78, 5) is 38.9. The lowest BCUT2D eigenvalue weighted by atomic mass is 10.1. The van der Waals surface area contributed by atoms with Gasteiger partial charge in [-0.1, -0.05) is 41.9 Å². The molecule has 3 aromatic carbocycles. The standard InChI is InChI=1S/C26H17ClIN3O4/c1-15-6-8-19(12-21(15)27)31-25(33)20(24(32)30-26(31)34)10-16-7-9-23(22(28)11-16)35-14-18-5-3-2-4-17(18)13-29/h2-12H,14H2,1H3,(H,30,32,34)/b20-10-. The molecule has 1 heterocycles. The summed E-state index contributed by atoms with van der Waals surface area (Å²) in [5.41, 5.74) is 2.75. The normalized spacial score (nSPS) is 14.6. The van der Waals surface area contributed by atoms with Crippen LogP contribution in [0.4, 0.5) is 10.5 Å². The summed E-state index contributed by atoms with van der Waals surface area (Å²) < 4.78 is 6.62. The maximum atomic E-state index is 13.1. The number of nitrogens with zero attached hydrogens (tertiary/aromatic N) is 2. The first-order valence-corrected chi connectivity index (χ1v) is 11.8. The van der Waals surface area contributed by atoms with Gasteiger partial charge in [-0.2, -0.15) is 5.26 Å². The second-order valence-electron chi connectivity index (χ2n) is 7.64. The van der Waals surface area contributed by atoms with Crippen molar-refractivity contribution < 1.29 is 19.1 Å². The number of ether oxygens (including phenoxy) is 1. The Morgan fingerprint density at radius 2 is 1.89 bits per heavy atom. The van der Waals surface area contributed by atoms with Gasteiger partial charge in [0.2, 0.25) is 0 Å².